The molecule has 0 aliphatic rings. The molecule has 6 heteroatoms. The van der Waals surface area contributed by atoms with Crippen LogP contribution in [0.2, 0.25) is 0 Å². The molecule has 0 aromatic heterocycles. The molecule has 0 unspecified atom stereocenters. The van der Waals surface area contributed by atoms with E-state index in [0.717, 1.165) is 0 Å². The van der Waals surface area contributed by atoms with Crippen molar-refractivity contribution in [3.63, 3.8) is 0 Å². The van der Waals surface area contributed by atoms with Crippen molar-refractivity contribution < 1.29 is 14.8 Å². The van der Waals surface area contributed by atoms with Gasteiger partial charge in [0.1, 0.15) is 0 Å². The Bertz CT molecular complexity index is 405. The molecular formula is C9H9NO4S. The highest BCUT2D eigenvalue weighted by molar-refractivity contribution is 7.98. The van der Waals surface area contributed by atoms with E-state index in [0.29, 0.717) is 10.5 Å². The summed E-state index contributed by atoms with van der Waals surface area (Å²) in [6.45, 7) is 0. The van der Waals surface area contributed by atoms with Crippen molar-refractivity contribution in [3.05, 3.63) is 33.9 Å². The van der Waals surface area contributed by atoms with Gasteiger partial charge in [-0.25, -0.2) is 0 Å². The van der Waals surface area contributed by atoms with Crippen molar-refractivity contribution in [1.82, 2.24) is 0 Å². The highest BCUT2D eigenvalue weighted by atomic mass is 32.2. The summed E-state index contributed by atoms with van der Waals surface area (Å²) >= 11 is 1.23. The number of nitrogens with zero attached hydrogens (tertiary/aromatic N) is 1. The van der Waals surface area contributed by atoms with Crippen LogP contribution >= 0.6 is 11.8 Å². The zero-order valence-electron chi connectivity index (χ0n) is 7.97. The predicted molar refractivity (Wildman–Crippen MR) is 56.2 cm³/mol. The maximum absolute atomic E-state index is 10.6. The minimum absolute atomic E-state index is 0.0108. The number of aliphatic carboxylic acids is 1. The SMILES string of the molecule is CSc1cc(CC(=O)O)ccc1[N+](=O)[O-]. The highest BCUT2D eigenvalue weighted by Crippen LogP contribution is 2.28. The lowest BCUT2D eigenvalue weighted by Gasteiger charge is -2.02. The van der Waals surface area contributed by atoms with E-state index < -0.39 is 10.9 Å². The number of carbonyl (C=O) groups is 1. The Labute approximate surface area is 90.3 Å². The van der Waals surface area contributed by atoms with Crippen molar-refractivity contribution in [3.8, 4) is 0 Å². The summed E-state index contributed by atoms with van der Waals surface area (Å²) in [6, 6.07) is 4.34. The molecule has 1 rings (SSSR count). The topological polar surface area (TPSA) is 80.4 Å². The van der Waals surface area contributed by atoms with E-state index in [9.17, 15) is 14.9 Å². The van der Waals surface area contributed by atoms with E-state index in [1.54, 1.807) is 6.26 Å². The monoisotopic (exact) mass is 227 g/mol. The molecule has 0 atom stereocenters. The Kier molecular flexibility index (Phi) is 3.68. The first kappa shape index (κ1) is 11.5. The summed E-state index contributed by atoms with van der Waals surface area (Å²) in [7, 11) is 0. The first-order valence-corrected chi connectivity index (χ1v) is 5.30. The number of nitro groups is 1. The van der Waals surface area contributed by atoms with E-state index in [4.69, 9.17) is 5.11 Å². The summed E-state index contributed by atoms with van der Waals surface area (Å²) in [5.74, 6) is -0.948. The predicted octanol–water partition coefficient (Wildman–Crippen LogP) is 1.94. The number of thioether (sulfide) groups is 1. The van der Waals surface area contributed by atoms with Crippen LogP contribution in [0, 0.1) is 10.1 Å². The molecule has 1 aromatic rings. The molecule has 0 saturated heterocycles. The van der Waals surface area contributed by atoms with Crippen molar-refractivity contribution in [2.45, 2.75) is 11.3 Å². The Morgan fingerprint density at radius 1 is 1.60 bits per heavy atom. The Balaban J connectivity index is 3.07. The fourth-order valence-electron chi connectivity index (χ4n) is 1.16. The molecular weight excluding hydrogens is 218 g/mol. The molecule has 0 bridgehead atoms. The van der Waals surface area contributed by atoms with Gasteiger partial charge >= 0.3 is 5.97 Å². The summed E-state index contributed by atoms with van der Waals surface area (Å²) in [4.78, 5) is 21.0. The molecule has 0 radical (unpaired) electrons. The molecule has 1 N–H and O–H groups in total. The van der Waals surface area contributed by atoms with Gasteiger partial charge in [0.05, 0.1) is 16.2 Å². The van der Waals surface area contributed by atoms with Crippen LogP contribution in [0.3, 0.4) is 0 Å². The number of nitro benzene ring substituents is 1. The summed E-state index contributed by atoms with van der Waals surface area (Å²) in [5, 5.41) is 19.2. The van der Waals surface area contributed by atoms with Gasteiger partial charge in [-0.15, -0.1) is 11.8 Å². The lowest BCUT2D eigenvalue weighted by molar-refractivity contribution is -0.387. The molecule has 5 nitrogen and oxygen atoms in total. The zero-order valence-corrected chi connectivity index (χ0v) is 8.78. The minimum Gasteiger partial charge on any atom is -0.481 e. The Morgan fingerprint density at radius 2 is 2.27 bits per heavy atom. The first-order valence-electron chi connectivity index (χ1n) is 4.07. The number of hydrogen-bond donors (Lipinski definition) is 1. The highest BCUT2D eigenvalue weighted by Gasteiger charge is 2.13. The number of rotatable bonds is 4. The zero-order chi connectivity index (χ0) is 11.4. The summed E-state index contributed by atoms with van der Waals surface area (Å²) in [6.07, 6.45) is 1.60. The fraction of sp³-hybridized carbons (Fsp3) is 0.222. The number of benzene rings is 1. The third kappa shape index (κ3) is 2.95. The average molecular weight is 227 g/mol. The van der Waals surface area contributed by atoms with Gasteiger partial charge in [-0.2, -0.15) is 0 Å². The second-order valence-electron chi connectivity index (χ2n) is 2.83. The van der Waals surface area contributed by atoms with E-state index >= 15 is 0 Å². The number of hydrogen-bond acceptors (Lipinski definition) is 4. The van der Waals surface area contributed by atoms with Gasteiger partial charge in [0, 0.05) is 6.07 Å². The van der Waals surface area contributed by atoms with Crippen LogP contribution in [0.1, 0.15) is 5.56 Å². The van der Waals surface area contributed by atoms with Crippen molar-refractivity contribution >= 4 is 23.4 Å². The maximum Gasteiger partial charge on any atom is 0.307 e. The molecule has 15 heavy (non-hydrogen) atoms. The van der Waals surface area contributed by atoms with Gasteiger partial charge in [-0.3, -0.25) is 14.9 Å². The maximum atomic E-state index is 10.6. The van der Waals surface area contributed by atoms with Crippen LogP contribution in [0.25, 0.3) is 0 Å². The van der Waals surface area contributed by atoms with Crippen LogP contribution < -0.4 is 0 Å². The molecule has 80 valence electrons. The third-order valence-corrected chi connectivity index (χ3v) is 2.56. The second-order valence-corrected chi connectivity index (χ2v) is 3.68. The standard InChI is InChI=1S/C9H9NO4S/c1-15-8-4-6(5-9(11)12)2-3-7(8)10(13)14/h2-4H,5H2,1H3,(H,11,12). The smallest absolute Gasteiger partial charge is 0.307 e. The van der Waals surface area contributed by atoms with Crippen molar-refractivity contribution in [2.75, 3.05) is 6.26 Å². The summed E-state index contributed by atoms with van der Waals surface area (Å²) in [5.41, 5.74) is 0.578. The van der Waals surface area contributed by atoms with Gasteiger partial charge in [0.2, 0.25) is 0 Å². The minimum atomic E-state index is -0.948. The molecule has 0 fully saturated rings. The van der Waals surface area contributed by atoms with Crippen LogP contribution in [-0.4, -0.2) is 22.3 Å². The van der Waals surface area contributed by atoms with Crippen LogP contribution in [0.15, 0.2) is 23.1 Å². The number of carboxylic acids is 1. The van der Waals surface area contributed by atoms with Crippen molar-refractivity contribution in [1.29, 1.82) is 0 Å². The van der Waals surface area contributed by atoms with Gasteiger partial charge in [0.15, 0.2) is 0 Å². The van der Waals surface area contributed by atoms with Gasteiger partial charge in [0.25, 0.3) is 5.69 Å². The van der Waals surface area contributed by atoms with Crippen molar-refractivity contribution in [2.24, 2.45) is 0 Å². The van der Waals surface area contributed by atoms with E-state index in [-0.39, 0.29) is 12.1 Å². The van der Waals surface area contributed by atoms with Crippen LogP contribution in [0.4, 0.5) is 5.69 Å². The van der Waals surface area contributed by atoms with Gasteiger partial charge in [-0.1, -0.05) is 6.07 Å². The molecule has 1 aromatic carbocycles. The molecule has 0 aliphatic heterocycles. The van der Waals surface area contributed by atoms with E-state index in [1.165, 1.54) is 30.0 Å². The van der Waals surface area contributed by atoms with Crippen LogP contribution in [-0.2, 0) is 11.2 Å². The largest absolute Gasteiger partial charge is 0.481 e. The normalized spacial score (nSPS) is 9.93. The Morgan fingerprint density at radius 3 is 2.73 bits per heavy atom. The number of carboxylic acid groups (broad SMARTS) is 1. The van der Waals surface area contributed by atoms with Gasteiger partial charge < -0.3 is 5.11 Å². The Hall–Kier alpha value is -1.56. The molecule has 0 amide bonds. The lowest BCUT2D eigenvalue weighted by Crippen LogP contribution is -2.00. The van der Waals surface area contributed by atoms with Gasteiger partial charge in [-0.05, 0) is 17.9 Å². The first-order chi connectivity index (χ1) is 7.04. The fourth-order valence-corrected chi connectivity index (χ4v) is 1.78. The molecule has 0 heterocycles. The van der Waals surface area contributed by atoms with Crippen LogP contribution in [0.5, 0.6) is 0 Å². The summed E-state index contributed by atoms with van der Waals surface area (Å²) < 4.78 is 0. The average Bonchev–Trinajstić information content (AvgIpc) is 2.16. The second kappa shape index (κ2) is 4.79. The third-order valence-electron chi connectivity index (χ3n) is 1.80. The van der Waals surface area contributed by atoms with E-state index in [1.807, 2.05) is 0 Å². The lowest BCUT2D eigenvalue weighted by atomic mass is 10.1. The molecule has 0 saturated carbocycles. The van der Waals surface area contributed by atoms with E-state index in [2.05, 4.69) is 0 Å². The molecule has 0 spiro atoms. The molecule has 0 aliphatic carbocycles. The quantitative estimate of drug-likeness (QED) is 0.483.